The number of benzene rings is 1. The lowest BCUT2D eigenvalue weighted by molar-refractivity contribution is 0.296. The van der Waals surface area contributed by atoms with E-state index in [4.69, 9.17) is 4.43 Å². The van der Waals surface area contributed by atoms with Crippen molar-refractivity contribution in [3.05, 3.63) is 34.6 Å². The average molecular weight is 352 g/mol. The van der Waals surface area contributed by atoms with Crippen molar-refractivity contribution in [1.29, 1.82) is 0 Å². The fraction of sp³-hybridized carbons (Fsp3) is 0.625. The third kappa shape index (κ3) is 3.45. The molecule has 2 rings (SSSR count). The van der Waals surface area contributed by atoms with Crippen LogP contribution in [0.2, 0.25) is 18.6 Å². The lowest BCUT2D eigenvalue weighted by Crippen LogP contribution is -2.38. The molecule has 0 spiro atoms. The fourth-order valence-corrected chi connectivity index (χ4v) is 6.25. The van der Waals surface area contributed by atoms with Crippen molar-refractivity contribution in [2.24, 2.45) is 0 Å². The van der Waals surface area contributed by atoms with Gasteiger partial charge >= 0.3 is 0 Å². The third-order valence-corrected chi connectivity index (χ3v) is 8.46. The first kappa shape index (κ1) is 18.4. The van der Waals surface area contributed by atoms with Crippen molar-refractivity contribution in [2.45, 2.75) is 57.2 Å². The van der Waals surface area contributed by atoms with Gasteiger partial charge in [-0.3, -0.25) is 0 Å². The van der Waals surface area contributed by atoms with Crippen LogP contribution in [0.3, 0.4) is 0 Å². The van der Waals surface area contributed by atoms with Gasteiger partial charge in [-0.15, -0.1) is 0 Å². The standard InChI is InChI=1S/C16H21F5OSi/c1-4-22-23(2,3)10-7-5-9(6-8-10)11-12(17)14(19)16(21)15(20)13(11)18/h9-10H,4-8H2,1-3H3. The SMILES string of the molecule is CCO[Si](C)(C)C1CCC(c2c(F)c(F)c(F)c(F)c2F)CC1. The van der Waals surface area contributed by atoms with E-state index in [2.05, 4.69) is 13.1 Å². The lowest BCUT2D eigenvalue weighted by atomic mass is 9.83. The molecule has 1 nitrogen and oxygen atoms in total. The molecule has 1 aromatic rings. The fourth-order valence-electron chi connectivity index (χ4n) is 3.55. The molecule has 0 amide bonds. The van der Waals surface area contributed by atoms with Crippen LogP contribution < -0.4 is 0 Å². The maximum absolute atomic E-state index is 13.9. The first-order valence-electron chi connectivity index (χ1n) is 7.86. The molecule has 1 saturated carbocycles. The molecule has 1 aliphatic carbocycles. The number of hydrogen-bond donors (Lipinski definition) is 0. The highest BCUT2D eigenvalue weighted by atomic mass is 28.4. The van der Waals surface area contributed by atoms with Gasteiger partial charge in [-0.05, 0) is 44.3 Å². The summed E-state index contributed by atoms with van der Waals surface area (Å²) in [4.78, 5) is 0. The minimum atomic E-state index is -2.10. The van der Waals surface area contributed by atoms with E-state index in [1.54, 1.807) is 0 Å². The Morgan fingerprint density at radius 1 is 0.826 bits per heavy atom. The monoisotopic (exact) mass is 352 g/mol. The van der Waals surface area contributed by atoms with Crippen LogP contribution in [0, 0.1) is 29.1 Å². The van der Waals surface area contributed by atoms with Crippen molar-refractivity contribution < 1.29 is 26.4 Å². The molecule has 1 aromatic carbocycles. The largest absolute Gasteiger partial charge is 0.417 e. The predicted molar refractivity (Wildman–Crippen MR) is 80.3 cm³/mol. The summed E-state index contributed by atoms with van der Waals surface area (Å²) < 4.78 is 73.5. The zero-order valence-electron chi connectivity index (χ0n) is 13.5. The van der Waals surface area contributed by atoms with Crippen LogP contribution in [0.4, 0.5) is 22.0 Å². The molecule has 7 heteroatoms. The first-order valence-corrected chi connectivity index (χ1v) is 10.8. The summed E-state index contributed by atoms with van der Waals surface area (Å²) >= 11 is 0. The molecule has 0 saturated heterocycles. The summed E-state index contributed by atoms with van der Waals surface area (Å²) in [6.07, 6.45) is 2.19. The number of rotatable bonds is 4. The Hall–Kier alpha value is -0.953. The van der Waals surface area contributed by atoms with Crippen LogP contribution in [0.1, 0.15) is 44.1 Å². The highest BCUT2D eigenvalue weighted by molar-refractivity contribution is 6.72. The normalized spacial score (nSPS) is 22.4. The van der Waals surface area contributed by atoms with Crippen molar-refractivity contribution in [3.8, 4) is 0 Å². The second-order valence-electron chi connectivity index (χ2n) is 6.57. The topological polar surface area (TPSA) is 9.23 Å². The molecule has 0 heterocycles. The summed E-state index contributed by atoms with van der Waals surface area (Å²) in [5.74, 6) is -9.82. The molecule has 1 fully saturated rings. The number of hydrogen-bond acceptors (Lipinski definition) is 1. The van der Waals surface area contributed by atoms with Gasteiger partial charge in [0.15, 0.2) is 31.6 Å². The van der Waals surface area contributed by atoms with Crippen molar-refractivity contribution in [3.63, 3.8) is 0 Å². The Morgan fingerprint density at radius 2 is 1.26 bits per heavy atom. The summed E-state index contributed by atoms with van der Waals surface area (Å²) in [7, 11) is -1.89. The minimum absolute atomic E-state index is 0.333. The Balaban J connectivity index is 2.21. The Morgan fingerprint density at radius 3 is 1.70 bits per heavy atom. The van der Waals surface area contributed by atoms with E-state index in [9.17, 15) is 22.0 Å². The zero-order chi connectivity index (χ0) is 17.4. The van der Waals surface area contributed by atoms with E-state index in [1.165, 1.54) is 0 Å². The smallest absolute Gasteiger partial charge is 0.200 e. The van der Waals surface area contributed by atoms with Crippen LogP contribution in [0.15, 0.2) is 0 Å². The Kier molecular flexibility index (Phi) is 5.50. The van der Waals surface area contributed by atoms with E-state index < -0.39 is 48.9 Å². The molecule has 0 atom stereocenters. The molecule has 0 aromatic heterocycles. The maximum Gasteiger partial charge on any atom is 0.200 e. The van der Waals surface area contributed by atoms with Crippen LogP contribution in [0.25, 0.3) is 0 Å². The highest BCUT2D eigenvalue weighted by Gasteiger charge is 2.39. The summed E-state index contributed by atoms with van der Waals surface area (Å²) in [5, 5.41) is 0. The first-order chi connectivity index (χ1) is 10.7. The summed E-state index contributed by atoms with van der Waals surface area (Å²) in [6.45, 7) is 6.74. The second-order valence-corrected chi connectivity index (χ2v) is 10.9. The van der Waals surface area contributed by atoms with Crippen LogP contribution in [-0.2, 0) is 4.43 Å². The van der Waals surface area contributed by atoms with E-state index >= 15 is 0 Å². The van der Waals surface area contributed by atoms with E-state index in [-0.39, 0.29) is 0 Å². The highest BCUT2D eigenvalue weighted by Crippen LogP contribution is 2.45. The molecular weight excluding hydrogens is 331 g/mol. The van der Waals surface area contributed by atoms with Gasteiger partial charge in [-0.25, -0.2) is 22.0 Å². The van der Waals surface area contributed by atoms with Crippen LogP contribution >= 0.6 is 0 Å². The third-order valence-electron chi connectivity index (χ3n) is 4.88. The van der Waals surface area contributed by atoms with Crippen LogP contribution in [-0.4, -0.2) is 14.9 Å². The van der Waals surface area contributed by atoms with Crippen molar-refractivity contribution in [2.75, 3.05) is 6.61 Å². The predicted octanol–water partition coefficient (Wildman–Crippen LogP) is 5.65. The summed E-state index contributed by atoms with van der Waals surface area (Å²) in [5.41, 5.74) is -0.323. The zero-order valence-corrected chi connectivity index (χ0v) is 14.5. The van der Waals surface area contributed by atoms with Gasteiger partial charge in [0.05, 0.1) is 0 Å². The number of halogens is 5. The molecule has 0 radical (unpaired) electrons. The molecule has 0 aliphatic heterocycles. The molecule has 130 valence electrons. The van der Waals surface area contributed by atoms with Crippen LogP contribution in [0.5, 0.6) is 0 Å². The van der Waals surface area contributed by atoms with Gasteiger partial charge in [0, 0.05) is 12.2 Å². The summed E-state index contributed by atoms with van der Waals surface area (Å²) in [6, 6.07) is 0. The quantitative estimate of drug-likeness (QED) is 0.294. The average Bonchev–Trinajstić information content (AvgIpc) is 2.52. The van der Waals surface area contributed by atoms with Gasteiger partial charge in [0.2, 0.25) is 5.82 Å². The molecule has 0 unspecified atom stereocenters. The minimum Gasteiger partial charge on any atom is -0.417 e. The van der Waals surface area contributed by atoms with Gasteiger partial charge < -0.3 is 4.43 Å². The maximum atomic E-state index is 13.9. The molecule has 0 bridgehead atoms. The lowest BCUT2D eigenvalue weighted by Gasteiger charge is -2.37. The van der Waals surface area contributed by atoms with Crippen molar-refractivity contribution in [1.82, 2.24) is 0 Å². The van der Waals surface area contributed by atoms with Gasteiger partial charge in [0.1, 0.15) is 0 Å². The Bertz CT molecular complexity index is 553. The second kappa shape index (κ2) is 6.89. The van der Waals surface area contributed by atoms with E-state index in [0.717, 1.165) is 0 Å². The molecule has 23 heavy (non-hydrogen) atoms. The van der Waals surface area contributed by atoms with E-state index in [0.29, 0.717) is 37.8 Å². The van der Waals surface area contributed by atoms with E-state index in [1.807, 2.05) is 6.92 Å². The van der Waals surface area contributed by atoms with Crippen molar-refractivity contribution >= 4 is 8.32 Å². The Labute approximate surface area is 134 Å². The van der Waals surface area contributed by atoms with Gasteiger partial charge in [-0.2, -0.15) is 0 Å². The molecule has 1 aliphatic rings. The molecule has 0 N–H and O–H groups in total. The molecular formula is C16H21F5OSi. The van der Waals surface area contributed by atoms with Gasteiger partial charge in [-0.1, -0.05) is 12.8 Å². The van der Waals surface area contributed by atoms with Gasteiger partial charge in [0.25, 0.3) is 0 Å².